The SMILES string of the molecule is C.COc1ccc(/C=C2\Oc3c(ccc(O)c3O)C2=O)cc1O. The summed E-state index contributed by atoms with van der Waals surface area (Å²) in [6, 6.07) is 7.21. The molecule has 0 bridgehead atoms. The first-order valence-electron chi connectivity index (χ1n) is 6.37. The molecule has 0 saturated carbocycles. The Bertz CT molecular complexity index is 807. The number of rotatable bonds is 2. The lowest BCUT2D eigenvalue weighted by Gasteiger charge is -2.04. The minimum atomic E-state index is -0.480. The van der Waals surface area contributed by atoms with E-state index in [-0.39, 0.29) is 36.0 Å². The summed E-state index contributed by atoms with van der Waals surface area (Å²) in [5.74, 6) is -1.11. The van der Waals surface area contributed by atoms with E-state index in [1.165, 1.54) is 31.4 Å². The first-order chi connectivity index (χ1) is 10.5. The maximum absolute atomic E-state index is 12.2. The third-order valence-electron chi connectivity index (χ3n) is 3.29. The van der Waals surface area contributed by atoms with Crippen molar-refractivity contribution in [2.45, 2.75) is 7.43 Å². The number of ketones is 1. The van der Waals surface area contributed by atoms with Crippen LogP contribution in [-0.2, 0) is 0 Å². The molecule has 2 aromatic carbocycles. The molecule has 0 unspecified atom stereocenters. The van der Waals surface area contributed by atoms with E-state index in [9.17, 15) is 20.1 Å². The van der Waals surface area contributed by atoms with Crippen LogP contribution in [-0.4, -0.2) is 28.2 Å². The Labute approximate surface area is 132 Å². The smallest absolute Gasteiger partial charge is 0.232 e. The van der Waals surface area contributed by atoms with E-state index < -0.39 is 11.5 Å². The number of phenolic OH excluding ortho intramolecular Hbond substituents is 3. The Balaban J connectivity index is 0.00000192. The molecule has 3 N–H and O–H groups in total. The fourth-order valence-corrected chi connectivity index (χ4v) is 2.18. The second-order valence-corrected chi connectivity index (χ2v) is 4.68. The van der Waals surface area contributed by atoms with Gasteiger partial charge in [0.15, 0.2) is 28.8 Å². The maximum atomic E-state index is 12.2. The molecule has 6 nitrogen and oxygen atoms in total. The van der Waals surface area contributed by atoms with Crippen LogP contribution in [0.25, 0.3) is 6.08 Å². The van der Waals surface area contributed by atoms with Gasteiger partial charge in [0.1, 0.15) is 0 Å². The minimum Gasteiger partial charge on any atom is -0.504 e. The van der Waals surface area contributed by atoms with Crippen LogP contribution in [0.4, 0.5) is 0 Å². The summed E-state index contributed by atoms with van der Waals surface area (Å²) in [5, 5.41) is 28.9. The molecule has 1 heterocycles. The molecule has 0 fully saturated rings. The second-order valence-electron chi connectivity index (χ2n) is 4.68. The molecular weight excluding hydrogens is 300 g/mol. The van der Waals surface area contributed by atoms with Crippen LogP contribution in [0.5, 0.6) is 28.7 Å². The summed E-state index contributed by atoms with van der Waals surface area (Å²) >= 11 is 0. The number of hydrogen-bond acceptors (Lipinski definition) is 6. The van der Waals surface area contributed by atoms with E-state index in [1.54, 1.807) is 12.1 Å². The van der Waals surface area contributed by atoms with Crippen LogP contribution in [0, 0.1) is 0 Å². The van der Waals surface area contributed by atoms with Crippen LogP contribution in [0.2, 0.25) is 0 Å². The molecule has 0 radical (unpaired) electrons. The van der Waals surface area contributed by atoms with Crippen molar-refractivity contribution in [1.29, 1.82) is 0 Å². The van der Waals surface area contributed by atoms with Crippen molar-refractivity contribution in [3.05, 3.63) is 47.2 Å². The lowest BCUT2D eigenvalue weighted by atomic mass is 10.1. The third-order valence-corrected chi connectivity index (χ3v) is 3.29. The van der Waals surface area contributed by atoms with Gasteiger partial charge in [0.05, 0.1) is 12.7 Å². The lowest BCUT2D eigenvalue weighted by Crippen LogP contribution is -1.98. The highest BCUT2D eigenvalue weighted by molar-refractivity contribution is 6.15. The highest BCUT2D eigenvalue weighted by atomic mass is 16.5. The quantitative estimate of drug-likeness (QED) is 0.582. The standard InChI is InChI=1S/C16H12O6.CH4/c1-21-12-5-2-8(6-11(12)18)7-13-14(19)9-3-4-10(17)15(20)16(9)22-13;/h2-7,17-18,20H,1H3;1H4/b13-7-;. The number of carbonyl (C=O) groups is 1. The number of hydrogen-bond donors (Lipinski definition) is 3. The number of aromatic hydroxyl groups is 3. The largest absolute Gasteiger partial charge is 0.504 e. The molecule has 0 saturated heterocycles. The van der Waals surface area contributed by atoms with Crippen LogP contribution in [0.3, 0.4) is 0 Å². The van der Waals surface area contributed by atoms with Gasteiger partial charge in [-0.1, -0.05) is 13.5 Å². The van der Waals surface area contributed by atoms with Crippen molar-refractivity contribution in [1.82, 2.24) is 0 Å². The van der Waals surface area contributed by atoms with Crippen LogP contribution < -0.4 is 9.47 Å². The normalized spacial score (nSPS) is 14.1. The number of allylic oxidation sites excluding steroid dienone is 1. The summed E-state index contributed by atoms with van der Waals surface area (Å²) in [4.78, 5) is 12.2. The third kappa shape index (κ3) is 2.66. The fourth-order valence-electron chi connectivity index (χ4n) is 2.18. The number of fused-ring (bicyclic) bond motifs is 1. The molecule has 0 amide bonds. The summed E-state index contributed by atoms with van der Waals surface area (Å²) in [6.07, 6.45) is 1.43. The first kappa shape index (κ1) is 16.2. The van der Waals surface area contributed by atoms with Crippen LogP contribution in [0.1, 0.15) is 23.3 Å². The number of methoxy groups -OCH3 is 1. The summed E-state index contributed by atoms with van der Waals surface area (Å²) in [5.41, 5.74) is 0.692. The highest BCUT2D eigenvalue weighted by Crippen LogP contribution is 2.44. The van der Waals surface area contributed by atoms with Gasteiger partial charge >= 0.3 is 0 Å². The van der Waals surface area contributed by atoms with E-state index in [2.05, 4.69) is 0 Å². The Morgan fingerprint density at radius 1 is 1.09 bits per heavy atom. The molecule has 6 heteroatoms. The van der Waals surface area contributed by atoms with Gasteiger partial charge < -0.3 is 24.8 Å². The second kappa shape index (κ2) is 5.92. The average Bonchev–Trinajstić information content (AvgIpc) is 2.81. The molecule has 0 aromatic heterocycles. The molecular formula is C17H16O6. The van der Waals surface area contributed by atoms with Crippen molar-refractivity contribution in [3.63, 3.8) is 0 Å². The number of carbonyl (C=O) groups excluding carboxylic acids is 1. The van der Waals surface area contributed by atoms with Gasteiger partial charge in [0.25, 0.3) is 0 Å². The number of benzene rings is 2. The van der Waals surface area contributed by atoms with Gasteiger partial charge in [-0.2, -0.15) is 0 Å². The molecule has 3 rings (SSSR count). The van der Waals surface area contributed by atoms with Crippen molar-refractivity contribution < 1.29 is 29.6 Å². The first-order valence-corrected chi connectivity index (χ1v) is 6.37. The van der Waals surface area contributed by atoms with Crippen molar-refractivity contribution in [2.24, 2.45) is 0 Å². The van der Waals surface area contributed by atoms with Gasteiger partial charge in [-0.05, 0) is 35.9 Å². The summed E-state index contributed by atoms with van der Waals surface area (Å²) in [7, 11) is 1.43. The van der Waals surface area contributed by atoms with E-state index in [4.69, 9.17) is 9.47 Å². The zero-order chi connectivity index (χ0) is 15.9. The summed E-state index contributed by atoms with van der Waals surface area (Å²) < 4.78 is 10.3. The minimum absolute atomic E-state index is 0. The Morgan fingerprint density at radius 3 is 2.48 bits per heavy atom. The summed E-state index contributed by atoms with van der Waals surface area (Å²) in [6.45, 7) is 0. The van der Waals surface area contributed by atoms with E-state index in [0.29, 0.717) is 11.3 Å². The van der Waals surface area contributed by atoms with Gasteiger partial charge in [-0.25, -0.2) is 0 Å². The van der Waals surface area contributed by atoms with E-state index in [0.717, 1.165) is 0 Å². The molecule has 1 aliphatic heterocycles. The van der Waals surface area contributed by atoms with Crippen LogP contribution in [0.15, 0.2) is 36.1 Å². The predicted molar refractivity (Wildman–Crippen MR) is 84.1 cm³/mol. The van der Waals surface area contributed by atoms with Gasteiger partial charge in [-0.3, -0.25) is 4.79 Å². The topological polar surface area (TPSA) is 96.2 Å². The number of Topliss-reactive ketones (excluding diaryl/α,β-unsaturated/α-hetero) is 1. The zero-order valence-corrected chi connectivity index (χ0v) is 11.5. The Hall–Kier alpha value is -3.15. The van der Waals surface area contributed by atoms with Crippen LogP contribution >= 0.6 is 0 Å². The number of phenols is 3. The van der Waals surface area contributed by atoms with Gasteiger partial charge in [0, 0.05) is 0 Å². The molecule has 1 aliphatic rings. The van der Waals surface area contributed by atoms with Gasteiger partial charge in [-0.15, -0.1) is 0 Å². The molecule has 0 spiro atoms. The monoisotopic (exact) mass is 316 g/mol. The highest BCUT2D eigenvalue weighted by Gasteiger charge is 2.31. The Kier molecular flexibility index (Phi) is 4.18. The average molecular weight is 316 g/mol. The van der Waals surface area contributed by atoms with Gasteiger partial charge in [0.2, 0.25) is 11.5 Å². The van der Waals surface area contributed by atoms with Crippen molar-refractivity contribution in [3.8, 4) is 28.7 Å². The molecule has 120 valence electrons. The van der Waals surface area contributed by atoms with Crippen molar-refractivity contribution >= 4 is 11.9 Å². The molecule has 0 aliphatic carbocycles. The molecule has 23 heavy (non-hydrogen) atoms. The van der Waals surface area contributed by atoms with E-state index in [1.807, 2.05) is 0 Å². The maximum Gasteiger partial charge on any atom is 0.232 e. The lowest BCUT2D eigenvalue weighted by molar-refractivity contribution is 0.101. The molecule has 0 atom stereocenters. The van der Waals surface area contributed by atoms with Crippen molar-refractivity contribution in [2.75, 3.05) is 7.11 Å². The Morgan fingerprint density at radius 2 is 1.83 bits per heavy atom. The zero-order valence-electron chi connectivity index (χ0n) is 11.5. The fraction of sp³-hybridized carbons (Fsp3) is 0.118. The number of ether oxygens (including phenoxy) is 2. The molecule has 2 aromatic rings. The predicted octanol–water partition coefficient (Wildman–Crippen LogP) is 3.06. The van der Waals surface area contributed by atoms with E-state index >= 15 is 0 Å².